The fourth-order valence-electron chi connectivity index (χ4n) is 2.05. The predicted octanol–water partition coefficient (Wildman–Crippen LogP) is 3.53. The molecule has 4 nitrogen and oxygen atoms in total. The highest BCUT2D eigenvalue weighted by Crippen LogP contribution is 2.30. The number of halogens is 1. The Morgan fingerprint density at radius 3 is 2.76 bits per heavy atom. The molecule has 2 rings (SSSR count). The van der Waals surface area contributed by atoms with Crippen LogP contribution >= 0.6 is 15.9 Å². The van der Waals surface area contributed by atoms with Crippen molar-refractivity contribution >= 4 is 33.2 Å². The van der Waals surface area contributed by atoms with Crippen LogP contribution in [0.3, 0.4) is 0 Å². The molecule has 0 heterocycles. The third kappa shape index (κ3) is 3.98. The third-order valence-corrected chi connectivity index (χ3v) is 3.65. The van der Waals surface area contributed by atoms with Gasteiger partial charge in [-0.15, -0.1) is 0 Å². The SMILES string of the molecule is COc1cccc(CC(=O)Nc2c(N)cc(C)cc2Br)c1. The highest BCUT2D eigenvalue weighted by Gasteiger charge is 2.10. The minimum Gasteiger partial charge on any atom is -0.497 e. The largest absolute Gasteiger partial charge is 0.497 e. The third-order valence-electron chi connectivity index (χ3n) is 3.03. The van der Waals surface area contributed by atoms with E-state index >= 15 is 0 Å². The van der Waals surface area contributed by atoms with Gasteiger partial charge in [-0.2, -0.15) is 0 Å². The average Bonchev–Trinajstić information content (AvgIpc) is 2.43. The van der Waals surface area contributed by atoms with Crippen LogP contribution < -0.4 is 15.8 Å². The monoisotopic (exact) mass is 348 g/mol. The molecule has 3 N–H and O–H groups in total. The van der Waals surface area contributed by atoms with Gasteiger partial charge in [-0.05, 0) is 58.2 Å². The number of hydrogen-bond acceptors (Lipinski definition) is 3. The first kappa shape index (κ1) is 15.4. The number of nitrogen functional groups attached to an aromatic ring is 1. The van der Waals surface area contributed by atoms with Crippen molar-refractivity contribution in [3.8, 4) is 5.75 Å². The van der Waals surface area contributed by atoms with Crippen LogP contribution in [0.4, 0.5) is 11.4 Å². The molecule has 0 saturated heterocycles. The molecular formula is C16H17BrN2O2. The number of hydrogen-bond donors (Lipinski definition) is 2. The average molecular weight is 349 g/mol. The van der Waals surface area contributed by atoms with Gasteiger partial charge < -0.3 is 15.8 Å². The number of benzene rings is 2. The number of carbonyl (C=O) groups is 1. The van der Waals surface area contributed by atoms with Gasteiger partial charge in [0.1, 0.15) is 5.75 Å². The summed E-state index contributed by atoms with van der Waals surface area (Å²) in [6.45, 7) is 1.95. The highest BCUT2D eigenvalue weighted by molar-refractivity contribution is 9.10. The van der Waals surface area contributed by atoms with Gasteiger partial charge in [-0.25, -0.2) is 0 Å². The first-order chi connectivity index (χ1) is 9.99. The summed E-state index contributed by atoms with van der Waals surface area (Å²) in [5.74, 6) is 0.607. The number of anilines is 2. The van der Waals surface area contributed by atoms with Crippen LogP contribution in [0, 0.1) is 6.92 Å². The van der Waals surface area contributed by atoms with Gasteiger partial charge in [-0.1, -0.05) is 12.1 Å². The van der Waals surface area contributed by atoms with E-state index in [0.29, 0.717) is 11.4 Å². The van der Waals surface area contributed by atoms with Crippen molar-refractivity contribution in [2.75, 3.05) is 18.2 Å². The number of methoxy groups -OCH3 is 1. The van der Waals surface area contributed by atoms with E-state index in [-0.39, 0.29) is 12.3 Å². The van der Waals surface area contributed by atoms with E-state index in [1.54, 1.807) is 7.11 Å². The Morgan fingerprint density at radius 2 is 2.10 bits per heavy atom. The van der Waals surface area contributed by atoms with Crippen molar-refractivity contribution in [1.29, 1.82) is 0 Å². The second-order valence-corrected chi connectivity index (χ2v) is 5.64. The van der Waals surface area contributed by atoms with E-state index in [1.807, 2.05) is 43.3 Å². The molecule has 0 aliphatic rings. The maximum atomic E-state index is 12.1. The standard InChI is InChI=1S/C16H17BrN2O2/c1-10-6-13(17)16(14(18)7-10)19-15(20)9-11-4-3-5-12(8-11)21-2/h3-8H,9,18H2,1-2H3,(H,19,20). The fraction of sp³-hybridized carbons (Fsp3) is 0.188. The van der Waals surface area contributed by atoms with Crippen molar-refractivity contribution in [3.05, 3.63) is 52.0 Å². The predicted molar refractivity (Wildman–Crippen MR) is 88.6 cm³/mol. The second-order valence-electron chi connectivity index (χ2n) is 4.79. The van der Waals surface area contributed by atoms with Gasteiger partial charge in [0.2, 0.25) is 5.91 Å². The number of amides is 1. The molecule has 2 aromatic carbocycles. The Labute approximate surface area is 132 Å². The Balaban J connectivity index is 2.12. The Bertz CT molecular complexity index is 648. The summed E-state index contributed by atoms with van der Waals surface area (Å²) >= 11 is 3.42. The number of nitrogens with two attached hydrogens (primary N) is 1. The lowest BCUT2D eigenvalue weighted by atomic mass is 10.1. The van der Waals surface area contributed by atoms with Crippen LogP contribution in [-0.2, 0) is 11.2 Å². The van der Waals surface area contributed by atoms with E-state index in [9.17, 15) is 4.79 Å². The van der Waals surface area contributed by atoms with Crippen molar-refractivity contribution in [2.45, 2.75) is 13.3 Å². The Kier molecular flexibility index (Phi) is 4.85. The number of nitrogens with one attached hydrogen (secondary N) is 1. The first-order valence-corrected chi connectivity index (χ1v) is 7.27. The molecule has 5 heteroatoms. The summed E-state index contributed by atoms with van der Waals surface area (Å²) in [4.78, 5) is 12.1. The molecule has 0 aromatic heterocycles. The number of rotatable bonds is 4. The fourth-order valence-corrected chi connectivity index (χ4v) is 2.74. The summed E-state index contributed by atoms with van der Waals surface area (Å²) in [5.41, 5.74) is 9.01. The van der Waals surface area contributed by atoms with Crippen molar-refractivity contribution in [2.24, 2.45) is 0 Å². The van der Waals surface area contributed by atoms with Crippen LogP contribution in [0.5, 0.6) is 5.75 Å². The lowest BCUT2D eigenvalue weighted by Gasteiger charge is -2.12. The van der Waals surface area contributed by atoms with Crippen molar-refractivity contribution in [3.63, 3.8) is 0 Å². The normalized spacial score (nSPS) is 10.2. The number of aryl methyl sites for hydroxylation is 1. The molecule has 0 radical (unpaired) electrons. The lowest BCUT2D eigenvalue weighted by molar-refractivity contribution is -0.115. The molecular weight excluding hydrogens is 332 g/mol. The smallest absolute Gasteiger partial charge is 0.228 e. The van der Waals surface area contributed by atoms with Gasteiger partial charge in [-0.3, -0.25) is 4.79 Å². The zero-order valence-electron chi connectivity index (χ0n) is 11.9. The molecule has 2 aromatic rings. The minimum absolute atomic E-state index is 0.125. The van der Waals surface area contributed by atoms with Crippen LogP contribution in [0.2, 0.25) is 0 Å². The van der Waals surface area contributed by atoms with Crippen LogP contribution in [0.1, 0.15) is 11.1 Å². The molecule has 0 spiro atoms. The zero-order valence-corrected chi connectivity index (χ0v) is 13.5. The molecule has 0 unspecified atom stereocenters. The molecule has 0 atom stereocenters. The van der Waals surface area contributed by atoms with E-state index in [4.69, 9.17) is 10.5 Å². The zero-order chi connectivity index (χ0) is 15.4. The molecule has 0 aliphatic heterocycles. The highest BCUT2D eigenvalue weighted by atomic mass is 79.9. The van der Waals surface area contributed by atoms with E-state index in [2.05, 4.69) is 21.2 Å². The second kappa shape index (κ2) is 6.63. The first-order valence-electron chi connectivity index (χ1n) is 6.48. The lowest BCUT2D eigenvalue weighted by Crippen LogP contribution is -2.16. The molecule has 110 valence electrons. The summed E-state index contributed by atoms with van der Waals surface area (Å²) < 4.78 is 5.92. The van der Waals surface area contributed by atoms with E-state index < -0.39 is 0 Å². The van der Waals surface area contributed by atoms with Crippen LogP contribution in [-0.4, -0.2) is 13.0 Å². The van der Waals surface area contributed by atoms with E-state index in [0.717, 1.165) is 21.3 Å². The number of ether oxygens (including phenoxy) is 1. The summed E-state index contributed by atoms with van der Waals surface area (Å²) in [6, 6.07) is 11.2. The molecule has 0 saturated carbocycles. The Hall–Kier alpha value is -2.01. The maximum Gasteiger partial charge on any atom is 0.228 e. The van der Waals surface area contributed by atoms with Crippen LogP contribution in [0.15, 0.2) is 40.9 Å². The van der Waals surface area contributed by atoms with Crippen molar-refractivity contribution in [1.82, 2.24) is 0 Å². The van der Waals surface area contributed by atoms with Gasteiger partial charge >= 0.3 is 0 Å². The topological polar surface area (TPSA) is 64.3 Å². The van der Waals surface area contributed by atoms with Crippen LogP contribution in [0.25, 0.3) is 0 Å². The molecule has 21 heavy (non-hydrogen) atoms. The summed E-state index contributed by atoms with van der Waals surface area (Å²) in [6.07, 6.45) is 0.261. The summed E-state index contributed by atoms with van der Waals surface area (Å²) in [7, 11) is 1.60. The molecule has 0 fully saturated rings. The van der Waals surface area contributed by atoms with Gasteiger partial charge in [0.15, 0.2) is 0 Å². The van der Waals surface area contributed by atoms with Crippen molar-refractivity contribution < 1.29 is 9.53 Å². The number of carbonyl (C=O) groups excluding carboxylic acids is 1. The Morgan fingerprint density at radius 1 is 1.33 bits per heavy atom. The maximum absolute atomic E-state index is 12.1. The minimum atomic E-state index is -0.125. The quantitative estimate of drug-likeness (QED) is 0.830. The molecule has 1 amide bonds. The summed E-state index contributed by atoms with van der Waals surface area (Å²) in [5, 5.41) is 2.84. The van der Waals surface area contributed by atoms with Gasteiger partial charge in [0, 0.05) is 4.47 Å². The van der Waals surface area contributed by atoms with Gasteiger partial charge in [0.05, 0.1) is 24.9 Å². The van der Waals surface area contributed by atoms with Gasteiger partial charge in [0.25, 0.3) is 0 Å². The van der Waals surface area contributed by atoms with E-state index in [1.165, 1.54) is 0 Å². The molecule has 0 aliphatic carbocycles. The molecule has 0 bridgehead atoms.